The average Bonchev–Trinajstić information content (AvgIpc) is 1.80. The number of pyridine rings is 3. The maximum atomic E-state index is 10.2. The number of azo groups is 1. The van der Waals surface area contributed by atoms with Gasteiger partial charge in [0.2, 0.25) is 19.2 Å². The van der Waals surface area contributed by atoms with E-state index in [1.165, 1.54) is 194 Å². The van der Waals surface area contributed by atoms with Crippen molar-refractivity contribution in [3.63, 3.8) is 0 Å². The summed E-state index contributed by atoms with van der Waals surface area (Å²) < 4.78 is 69.6. The zero-order chi connectivity index (χ0) is 107. The number of hydrogen-bond donors (Lipinski definition) is 0. The van der Waals surface area contributed by atoms with Gasteiger partial charge in [0.25, 0.3) is 0 Å². The molecular formula is C90H96N42O10S8. The van der Waals surface area contributed by atoms with Gasteiger partial charge >= 0.3 is 0 Å². The second-order valence-corrected chi connectivity index (χ2v) is 28.6. The van der Waals surface area contributed by atoms with Gasteiger partial charge < -0.3 is 32.0 Å². The van der Waals surface area contributed by atoms with E-state index in [1.54, 1.807) is 230 Å². The van der Waals surface area contributed by atoms with E-state index >= 15 is 0 Å². The van der Waals surface area contributed by atoms with Crippen molar-refractivity contribution >= 4 is 127 Å². The molecule has 27 heterocycles. The van der Waals surface area contributed by atoms with Crippen molar-refractivity contribution in [3.8, 4) is 0 Å². The predicted molar refractivity (Wildman–Crippen MR) is 571 cm³/mol. The molecule has 150 heavy (non-hydrogen) atoms. The topological polar surface area (TPSA) is 676 Å². The summed E-state index contributed by atoms with van der Waals surface area (Å²) in [5.74, 6) is 0. The van der Waals surface area contributed by atoms with Crippen LogP contribution in [-0.4, -0.2) is 218 Å². The first kappa shape index (κ1) is 129. The summed E-state index contributed by atoms with van der Waals surface area (Å²) in [6.07, 6.45) is 95.3. The molecule has 28 rings (SSSR count). The molecule has 20 aromatic rings. The van der Waals surface area contributed by atoms with E-state index in [-0.39, 0.29) is 0 Å². The maximum absolute atomic E-state index is 10.2. The van der Waals surface area contributed by atoms with Crippen molar-refractivity contribution in [1.29, 1.82) is 0 Å². The van der Waals surface area contributed by atoms with Crippen LogP contribution in [0.4, 0.5) is 0 Å². The van der Waals surface area contributed by atoms with Gasteiger partial charge in [-0.05, 0) is 130 Å². The van der Waals surface area contributed by atoms with Gasteiger partial charge in [-0.25, -0.2) is 48.1 Å². The third-order valence-electron chi connectivity index (χ3n) is 11.7. The van der Waals surface area contributed by atoms with E-state index in [4.69, 9.17) is 0 Å². The minimum Gasteiger partial charge on any atom is -0.619 e. The standard InChI is InChI=1S/C5H5NO.2C5H5N.C5H6.2C4H4N2.2C4H5N.C4H4OS.C4H4O.C4H4S.2C3H3N3.2C3H4N2.C3H3NOS.2C3H3NO.C3H3NS.C2H3N3.4C2H2N2O.4C2H2N2S/c7-6-4-2-1-3-5-6;2*1-2-4-6-5-3-1;1-2-4-5-3-1;1-2-6-4-3-5-1;1-2-4-6-5-3-1;2*1-2-4-5-3-1;5-6-3-1-2-4-6;2*1-2-4-5-3-1;1-4-2-6-3-5-1;1-2-5-6-3-4-1;2*1-2-4-5-3-1;5-6-2-1-4-3-6;1-2-5-3-4-1;3*1-2-4-5-3-1;1-3-4-2-5-1;1-3-2-5-4-1;1-2-5-4-3-1;1-2-4-5-3-1;1-3-4-2-5-1;1-3-2-5-4-1;1-2-5-4-3-1;1-2-4-5-3-1/h1-5H;2*1-5H;1-4H,5H2;2*1-4H;1,3-4H,2H2;1-3H,4H2;1-4H;2*1-4H;2*1-3H;2-3H,1H2;1-2H,3H2;1-3H;3*1-3H;1H,2H2;8*1-2H. The molecule has 60 heteroatoms. The van der Waals surface area contributed by atoms with Crippen LogP contribution in [-0.2, 0) is 21.6 Å². The summed E-state index contributed by atoms with van der Waals surface area (Å²) >= 11 is 8.58. The summed E-state index contributed by atoms with van der Waals surface area (Å²) in [6, 6.07) is 31.6. The van der Waals surface area contributed by atoms with Gasteiger partial charge in [0, 0.05) is 175 Å². The van der Waals surface area contributed by atoms with Gasteiger partial charge in [0.05, 0.1) is 133 Å². The molecule has 0 fully saturated rings. The lowest BCUT2D eigenvalue weighted by Gasteiger charge is -1.88. The SMILES string of the molecule is C1=CCC=C1.C1=CCN=C1.C1=CN=CC1.C1=CN=NC1.C1=NN=CC1.C1=NN=NC1.O=S1C=CC=C1.O=S1C=CN=C1.[O-][n+]1ccccc1.c1ccncc1.c1ccncc1.c1ccnnc1.c1ccoc1.c1ccsc1.c1cnccn1.c1cnncn1.c1cnoc1.c1cnon1.c1cnsc1.c1cnsn1.c1cocn1.c1conn1.c1csnn1.c1ncncn1.c1ncon1.c1ncsn1.c1nnco1.c1nncs1. The van der Waals surface area contributed by atoms with E-state index < -0.39 is 21.6 Å². The molecular weight excluding hydrogens is 2090 g/mol. The molecule has 1 atom stereocenters. The minimum absolute atomic E-state index is 0.667. The van der Waals surface area contributed by atoms with Crippen LogP contribution in [0.15, 0.2) is 556 Å². The molecule has 0 spiro atoms. The molecule has 0 amide bonds. The molecule has 1 unspecified atom stereocenters. The Labute approximate surface area is 888 Å². The smallest absolute Gasteiger partial charge is 0.213 e. The second kappa shape index (κ2) is 120. The van der Waals surface area contributed by atoms with Crippen LogP contribution in [0.5, 0.6) is 0 Å². The quantitative estimate of drug-likeness (QED) is 0.100. The summed E-state index contributed by atoms with van der Waals surface area (Å²) in [6.45, 7) is 2.33. The molecule has 7 aliphatic heterocycles. The lowest BCUT2D eigenvalue weighted by Crippen LogP contribution is -2.22. The molecule has 0 saturated carbocycles. The number of thiophene rings is 1. The summed E-state index contributed by atoms with van der Waals surface area (Å²) in [5.41, 5.74) is 6.43. The van der Waals surface area contributed by atoms with E-state index in [9.17, 15) is 13.6 Å². The normalized spacial score (nSPS) is 11.3. The first-order valence-corrected chi connectivity index (χ1v) is 49.2. The van der Waals surface area contributed by atoms with Crippen molar-refractivity contribution in [1.82, 2.24) is 154 Å². The van der Waals surface area contributed by atoms with Crippen LogP contribution in [0.2, 0.25) is 0 Å². The van der Waals surface area contributed by atoms with Gasteiger partial charge in [-0.15, -0.1) is 52.1 Å². The lowest BCUT2D eigenvalue weighted by atomic mass is 10.5. The number of furan rings is 1. The van der Waals surface area contributed by atoms with Crippen molar-refractivity contribution < 1.29 is 44.6 Å². The van der Waals surface area contributed by atoms with Crippen LogP contribution in [0.1, 0.15) is 19.3 Å². The Morgan fingerprint density at radius 2 is 1.01 bits per heavy atom. The molecule has 0 radical (unpaired) electrons. The molecule has 0 N–H and O–H groups in total. The largest absolute Gasteiger partial charge is 0.619 e. The summed E-state index contributed by atoms with van der Waals surface area (Å²) in [7, 11) is -1.68. The Hall–Kier alpha value is -19.3. The van der Waals surface area contributed by atoms with E-state index in [0.29, 0.717) is 6.54 Å². The number of aromatic nitrogens is 32. The first-order chi connectivity index (χ1) is 74.7. The Balaban J connectivity index is 0.000000778. The fourth-order valence-electron chi connectivity index (χ4n) is 6.17. The number of rotatable bonds is 0. The maximum Gasteiger partial charge on any atom is 0.213 e. The zero-order valence-electron chi connectivity index (χ0n) is 78.9. The van der Waals surface area contributed by atoms with Gasteiger partial charge in [-0.3, -0.25) is 39.1 Å². The van der Waals surface area contributed by atoms with Crippen LogP contribution < -0.4 is 4.73 Å². The lowest BCUT2D eigenvalue weighted by molar-refractivity contribution is -0.605. The molecule has 20 aromatic heterocycles. The highest BCUT2D eigenvalue weighted by atomic mass is 32.2. The fraction of sp³-hybridized carbons (Fsp3) is 0.0667. The van der Waals surface area contributed by atoms with Gasteiger partial charge in [0.1, 0.15) is 67.0 Å². The number of hydrogen-bond acceptors (Lipinski definition) is 57. The Morgan fingerprint density at radius 3 is 1.19 bits per heavy atom. The van der Waals surface area contributed by atoms with E-state index in [2.05, 4.69) is 260 Å². The second-order valence-electron chi connectivity index (χ2n) is 22.2. The monoisotopic (exact) mass is 2180 g/mol. The predicted octanol–water partition coefficient (Wildman–Crippen LogP) is 17.1. The van der Waals surface area contributed by atoms with Gasteiger partial charge in [-0.2, -0.15) is 70.0 Å². The minimum atomic E-state index is -0.895. The Morgan fingerprint density at radius 1 is 0.320 bits per heavy atom. The molecule has 0 saturated heterocycles. The molecule has 0 bridgehead atoms. The van der Waals surface area contributed by atoms with E-state index in [1.807, 2.05) is 131 Å². The molecule has 8 aliphatic rings. The molecule has 774 valence electrons. The number of aliphatic imine (C=N–C) groups is 3. The highest BCUT2D eigenvalue weighted by molar-refractivity contribution is 8.01. The van der Waals surface area contributed by atoms with Crippen molar-refractivity contribution in [2.24, 2.45) is 50.8 Å². The van der Waals surface area contributed by atoms with Crippen molar-refractivity contribution in [3.05, 3.63) is 479 Å². The van der Waals surface area contributed by atoms with Gasteiger partial charge in [0.15, 0.2) is 25.1 Å². The summed E-state index contributed by atoms with van der Waals surface area (Å²) in [4.78, 5) is 51.1. The highest BCUT2D eigenvalue weighted by Gasteiger charge is 1.89. The van der Waals surface area contributed by atoms with Crippen LogP contribution in [0.3, 0.4) is 0 Å². The fourth-order valence-corrected chi connectivity index (χ4v) is 9.09. The van der Waals surface area contributed by atoms with E-state index in [0.717, 1.165) is 37.1 Å². The molecule has 1 aliphatic carbocycles. The highest BCUT2D eigenvalue weighted by Crippen LogP contribution is 1.97. The number of oxazole rings is 1. The third-order valence-corrected chi connectivity index (χ3v) is 16.1. The number of allylic oxidation sites excluding steroid dienone is 8. The summed E-state index contributed by atoms with van der Waals surface area (Å²) in [5, 5.41) is 97.7. The van der Waals surface area contributed by atoms with Crippen LogP contribution in [0.25, 0.3) is 0 Å². The Kier molecular flexibility index (Phi) is 103. The van der Waals surface area contributed by atoms with Crippen LogP contribution in [0, 0.1) is 5.21 Å². The van der Waals surface area contributed by atoms with Crippen molar-refractivity contribution in [2.75, 3.05) is 19.6 Å². The first-order valence-electron chi connectivity index (χ1n) is 41.5. The van der Waals surface area contributed by atoms with Crippen molar-refractivity contribution in [2.45, 2.75) is 19.3 Å². The Bertz CT molecular complexity index is 4650. The zero-order valence-corrected chi connectivity index (χ0v) is 85.4. The number of nitrogens with zero attached hydrogens (tertiary/aromatic N) is 42. The average molecular weight is 2180 g/mol. The molecule has 52 nitrogen and oxygen atoms in total. The molecule has 0 aromatic carbocycles. The van der Waals surface area contributed by atoms with Crippen LogP contribution >= 0.6 is 69.0 Å². The third kappa shape index (κ3) is 117. The van der Waals surface area contributed by atoms with Gasteiger partial charge in [-0.1, -0.05) is 104 Å².